The summed E-state index contributed by atoms with van der Waals surface area (Å²) in [6.07, 6.45) is 3.27. The van der Waals surface area contributed by atoms with Crippen molar-refractivity contribution in [2.45, 2.75) is 25.5 Å². The molecule has 1 aromatic heterocycles. The number of hydrogen-bond donors (Lipinski definition) is 2. The lowest BCUT2D eigenvalue weighted by molar-refractivity contribution is 0.0234. The zero-order chi connectivity index (χ0) is 28.2. The van der Waals surface area contributed by atoms with Gasteiger partial charge in [-0.25, -0.2) is 9.18 Å². The van der Waals surface area contributed by atoms with E-state index in [1.807, 2.05) is 6.07 Å². The van der Waals surface area contributed by atoms with Crippen molar-refractivity contribution in [1.82, 2.24) is 10.3 Å². The maximum atomic E-state index is 13.1. The van der Waals surface area contributed by atoms with Gasteiger partial charge in [0, 0.05) is 37.7 Å². The molecular formula is C30H27ClFN3O6. The molecule has 2 aliphatic rings. The summed E-state index contributed by atoms with van der Waals surface area (Å²) in [5.74, 6) is 2.24. The number of pyridine rings is 1. The molecule has 1 fully saturated rings. The largest absolute Gasteiger partial charge is 0.486 e. The number of fused-ring (bicyclic) bond motifs is 3. The maximum Gasteiger partial charge on any atom is 0.319 e. The minimum atomic E-state index is -0.451. The topological polar surface area (TPSA) is 100 Å². The van der Waals surface area contributed by atoms with Gasteiger partial charge >= 0.3 is 6.03 Å². The maximum absolute atomic E-state index is 13.1. The number of nitrogens with zero attached hydrogens (tertiary/aromatic N) is 1. The highest BCUT2D eigenvalue weighted by Gasteiger charge is 2.27. The van der Waals surface area contributed by atoms with E-state index < -0.39 is 6.03 Å². The molecule has 41 heavy (non-hydrogen) atoms. The van der Waals surface area contributed by atoms with Gasteiger partial charge in [-0.3, -0.25) is 4.98 Å². The van der Waals surface area contributed by atoms with E-state index in [0.717, 1.165) is 18.4 Å². The predicted molar refractivity (Wildman–Crippen MR) is 151 cm³/mol. The normalized spacial score (nSPS) is 14.9. The van der Waals surface area contributed by atoms with Crippen LogP contribution in [0.4, 0.5) is 14.9 Å². The van der Waals surface area contributed by atoms with Gasteiger partial charge in [-0.2, -0.15) is 0 Å². The van der Waals surface area contributed by atoms with E-state index in [1.165, 1.54) is 12.1 Å². The van der Waals surface area contributed by atoms with Crippen molar-refractivity contribution in [2.75, 3.05) is 31.7 Å². The second-order valence-electron chi connectivity index (χ2n) is 9.54. The Bertz CT molecular complexity index is 1560. The fraction of sp³-hybridized carbons (Fsp3) is 0.267. The number of halogens is 2. The second kappa shape index (κ2) is 12.1. The molecule has 0 spiro atoms. The van der Waals surface area contributed by atoms with Crippen LogP contribution in [0.3, 0.4) is 0 Å². The molecule has 0 radical (unpaired) electrons. The van der Waals surface area contributed by atoms with Crippen LogP contribution in [0.2, 0.25) is 5.02 Å². The van der Waals surface area contributed by atoms with Gasteiger partial charge in [0.2, 0.25) is 5.75 Å². The highest BCUT2D eigenvalue weighted by Crippen LogP contribution is 2.49. The van der Waals surface area contributed by atoms with Crippen molar-refractivity contribution >= 4 is 34.2 Å². The summed E-state index contributed by atoms with van der Waals surface area (Å²) >= 11 is 6.47. The summed E-state index contributed by atoms with van der Waals surface area (Å²) in [5, 5.41) is 6.37. The summed E-state index contributed by atoms with van der Waals surface area (Å²) in [6.45, 7) is 2.34. The summed E-state index contributed by atoms with van der Waals surface area (Å²) in [7, 11) is 0. The van der Waals surface area contributed by atoms with Gasteiger partial charge < -0.3 is 34.3 Å². The Balaban J connectivity index is 1.19. The fourth-order valence-corrected chi connectivity index (χ4v) is 4.88. The first-order chi connectivity index (χ1) is 20.0. The highest BCUT2D eigenvalue weighted by atomic mass is 35.5. The zero-order valence-corrected chi connectivity index (χ0v) is 22.7. The summed E-state index contributed by atoms with van der Waals surface area (Å²) in [5.41, 5.74) is 1.80. The zero-order valence-electron chi connectivity index (χ0n) is 22.0. The second-order valence-corrected chi connectivity index (χ2v) is 9.95. The summed E-state index contributed by atoms with van der Waals surface area (Å²) in [6, 6.07) is 14.0. The van der Waals surface area contributed by atoms with Crippen molar-refractivity contribution in [2.24, 2.45) is 0 Å². The molecule has 2 aliphatic heterocycles. The number of anilines is 1. The first-order valence-electron chi connectivity index (χ1n) is 13.3. The van der Waals surface area contributed by atoms with Crippen molar-refractivity contribution in [3.8, 4) is 28.7 Å². The van der Waals surface area contributed by atoms with Crippen molar-refractivity contribution in [3.05, 3.63) is 77.2 Å². The van der Waals surface area contributed by atoms with E-state index in [2.05, 4.69) is 15.6 Å². The van der Waals surface area contributed by atoms with Gasteiger partial charge in [0.05, 0.1) is 34.8 Å². The van der Waals surface area contributed by atoms with E-state index in [1.54, 1.807) is 42.6 Å². The van der Waals surface area contributed by atoms with Gasteiger partial charge in [-0.05, 0) is 35.9 Å². The van der Waals surface area contributed by atoms with Crippen LogP contribution in [0, 0.1) is 5.82 Å². The number of nitrogens with one attached hydrogen (secondary N) is 2. The molecule has 212 valence electrons. The number of benzene rings is 3. The molecule has 2 N–H and O–H groups in total. The molecule has 3 heterocycles. The van der Waals surface area contributed by atoms with Crippen LogP contribution in [-0.4, -0.2) is 43.5 Å². The fourth-order valence-electron chi connectivity index (χ4n) is 4.66. The van der Waals surface area contributed by atoms with E-state index in [9.17, 15) is 9.18 Å². The first kappa shape index (κ1) is 26.9. The number of amides is 2. The van der Waals surface area contributed by atoms with E-state index >= 15 is 0 Å². The Morgan fingerprint density at radius 2 is 1.76 bits per heavy atom. The third kappa shape index (κ3) is 6.23. The number of hydrogen-bond acceptors (Lipinski definition) is 7. The summed E-state index contributed by atoms with van der Waals surface area (Å²) in [4.78, 5) is 16.9. The molecule has 11 heteroatoms. The van der Waals surface area contributed by atoms with E-state index in [4.69, 9.17) is 35.3 Å². The standard InChI is InChI=1S/C30H27ClFN3O6/c31-22-15-21(5-6-23(22)35-30(36)34-17-18-1-3-19(32)4-2-18)41-25-7-10-33-24-16-26(40-20-8-11-37-12-9-20)28-29(27(24)25)39-14-13-38-28/h1-7,10,15-16,20H,8-9,11-14,17H2,(H2,34,35,36). The van der Waals surface area contributed by atoms with Crippen LogP contribution >= 0.6 is 11.6 Å². The lowest BCUT2D eigenvalue weighted by Gasteiger charge is -2.27. The van der Waals surface area contributed by atoms with E-state index in [-0.39, 0.29) is 23.5 Å². The lowest BCUT2D eigenvalue weighted by atomic mass is 10.1. The average Bonchev–Trinajstić information content (AvgIpc) is 2.99. The molecular weight excluding hydrogens is 553 g/mol. The predicted octanol–water partition coefficient (Wildman–Crippen LogP) is 6.47. The Morgan fingerprint density at radius 3 is 2.54 bits per heavy atom. The van der Waals surface area contributed by atoms with Gasteiger partial charge in [-0.1, -0.05) is 23.7 Å². The Kier molecular flexibility index (Phi) is 7.93. The Labute approximate surface area is 240 Å². The van der Waals surface area contributed by atoms with Crippen LogP contribution in [0.5, 0.6) is 28.7 Å². The van der Waals surface area contributed by atoms with Gasteiger partial charge in [0.15, 0.2) is 11.5 Å². The molecule has 3 aromatic carbocycles. The number of urea groups is 1. The minimum absolute atomic E-state index is 0.0227. The highest BCUT2D eigenvalue weighted by molar-refractivity contribution is 6.33. The van der Waals surface area contributed by atoms with Crippen molar-refractivity contribution in [3.63, 3.8) is 0 Å². The van der Waals surface area contributed by atoms with Crippen LogP contribution in [0.15, 0.2) is 60.8 Å². The molecule has 0 saturated carbocycles. The Hall–Kier alpha value is -4.28. The molecule has 6 rings (SSSR count). The minimum Gasteiger partial charge on any atom is -0.486 e. The number of aromatic nitrogens is 1. The van der Waals surface area contributed by atoms with Crippen LogP contribution in [-0.2, 0) is 11.3 Å². The smallest absolute Gasteiger partial charge is 0.319 e. The molecule has 0 atom stereocenters. The Morgan fingerprint density at radius 1 is 0.976 bits per heavy atom. The molecule has 9 nitrogen and oxygen atoms in total. The average molecular weight is 580 g/mol. The molecule has 4 aromatic rings. The number of ether oxygens (including phenoxy) is 5. The van der Waals surface area contributed by atoms with Gasteiger partial charge in [-0.15, -0.1) is 0 Å². The van der Waals surface area contributed by atoms with Crippen molar-refractivity contribution < 1.29 is 32.9 Å². The van der Waals surface area contributed by atoms with Crippen molar-refractivity contribution in [1.29, 1.82) is 0 Å². The van der Waals surface area contributed by atoms with E-state index in [0.29, 0.717) is 71.8 Å². The third-order valence-electron chi connectivity index (χ3n) is 6.69. The quantitative estimate of drug-likeness (QED) is 0.259. The van der Waals surface area contributed by atoms with Crippen LogP contribution in [0.1, 0.15) is 18.4 Å². The molecule has 0 bridgehead atoms. The third-order valence-corrected chi connectivity index (χ3v) is 7.00. The monoisotopic (exact) mass is 579 g/mol. The van der Waals surface area contributed by atoms with Gasteiger partial charge in [0.25, 0.3) is 0 Å². The molecule has 2 amide bonds. The SMILES string of the molecule is O=C(NCc1ccc(F)cc1)Nc1ccc(Oc2ccnc3cc(OC4CCOCC4)c4c(c23)OCCO4)cc1Cl. The first-order valence-corrected chi connectivity index (χ1v) is 13.6. The molecule has 0 aliphatic carbocycles. The van der Waals surface area contributed by atoms with Gasteiger partial charge in [0.1, 0.15) is 36.6 Å². The molecule has 1 saturated heterocycles. The lowest BCUT2D eigenvalue weighted by Crippen LogP contribution is -2.28. The number of rotatable bonds is 7. The summed E-state index contributed by atoms with van der Waals surface area (Å²) < 4.78 is 43.1. The number of carbonyl (C=O) groups excluding carboxylic acids is 1. The van der Waals surface area contributed by atoms with Crippen LogP contribution < -0.4 is 29.6 Å². The van der Waals surface area contributed by atoms with Crippen LogP contribution in [0.25, 0.3) is 10.9 Å². The number of carbonyl (C=O) groups is 1. The molecule has 0 unspecified atom stereocenters.